The lowest BCUT2D eigenvalue weighted by molar-refractivity contribution is -0.129. The molecule has 1 aromatic rings. The van der Waals surface area contributed by atoms with E-state index in [1.54, 1.807) is 0 Å². The van der Waals surface area contributed by atoms with Gasteiger partial charge in [-0.3, -0.25) is 4.90 Å². The summed E-state index contributed by atoms with van der Waals surface area (Å²) in [6.45, 7) is 5.08. The second-order valence-electron chi connectivity index (χ2n) is 5.09. The lowest BCUT2D eigenvalue weighted by Gasteiger charge is -2.49. The number of aryl methyl sites for hydroxylation is 1. The maximum absolute atomic E-state index is 10.8. The summed E-state index contributed by atoms with van der Waals surface area (Å²) in [5.74, 6) is 2.13. The average Bonchev–Trinajstić information content (AvgIpc) is 2.79. The summed E-state index contributed by atoms with van der Waals surface area (Å²) < 4.78 is 5.75. The van der Waals surface area contributed by atoms with E-state index in [1.807, 2.05) is 12.1 Å². The number of hydrogen-bond acceptors (Lipinski definition) is 3. The van der Waals surface area contributed by atoms with Gasteiger partial charge in [0.15, 0.2) is 0 Å². The molecule has 3 saturated heterocycles. The van der Waals surface area contributed by atoms with Crippen LogP contribution < -0.4 is 0 Å². The fourth-order valence-electron chi connectivity index (χ4n) is 3.12. The van der Waals surface area contributed by atoms with Crippen molar-refractivity contribution in [2.75, 3.05) is 19.6 Å². The molecule has 1 unspecified atom stereocenters. The summed E-state index contributed by atoms with van der Waals surface area (Å²) >= 11 is 0. The fourth-order valence-corrected chi connectivity index (χ4v) is 3.12. The molecule has 3 heteroatoms. The van der Waals surface area contributed by atoms with Gasteiger partial charge in [-0.2, -0.15) is 0 Å². The van der Waals surface area contributed by atoms with Gasteiger partial charge in [0.25, 0.3) is 0 Å². The Balaban J connectivity index is 1.92. The van der Waals surface area contributed by atoms with Crippen LogP contribution >= 0.6 is 0 Å². The van der Waals surface area contributed by atoms with E-state index in [4.69, 9.17) is 4.42 Å². The number of hydrogen-bond donors (Lipinski definition) is 1. The van der Waals surface area contributed by atoms with E-state index >= 15 is 0 Å². The van der Waals surface area contributed by atoms with Crippen LogP contribution in [0.3, 0.4) is 0 Å². The van der Waals surface area contributed by atoms with Crippen LogP contribution in [0.1, 0.15) is 31.3 Å². The van der Waals surface area contributed by atoms with E-state index in [0.29, 0.717) is 5.92 Å². The highest BCUT2D eigenvalue weighted by Gasteiger charge is 2.48. The fraction of sp³-hybridized carbons (Fsp3) is 0.692. The smallest absolute Gasteiger partial charge is 0.137 e. The summed E-state index contributed by atoms with van der Waals surface area (Å²) in [5.41, 5.74) is -0.732. The van der Waals surface area contributed by atoms with Gasteiger partial charge < -0.3 is 9.52 Å². The molecule has 1 aromatic heterocycles. The van der Waals surface area contributed by atoms with Crippen molar-refractivity contribution in [3.63, 3.8) is 0 Å². The molecule has 16 heavy (non-hydrogen) atoms. The normalized spacial score (nSPS) is 37.9. The summed E-state index contributed by atoms with van der Waals surface area (Å²) in [6, 6.07) is 3.95. The van der Waals surface area contributed by atoms with Crippen molar-refractivity contribution in [1.29, 1.82) is 0 Å². The third-order valence-corrected chi connectivity index (χ3v) is 4.16. The molecule has 88 valence electrons. The first-order valence-electron chi connectivity index (χ1n) is 6.26. The molecule has 3 aliphatic heterocycles. The standard InChI is InChI=1S/C13H19NO2/c1-2-11-3-4-12(16-11)13(15)9-14-7-5-10(13)6-8-14/h3-4,10,15H,2,5-9H2,1H3. The second kappa shape index (κ2) is 3.60. The van der Waals surface area contributed by atoms with Gasteiger partial charge in [-0.1, -0.05) is 6.92 Å². The molecule has 0 aliphatic carbocycles. The number of nitrogens with zero attached hydrogens (tertiary/aromatic N) is 1. The van der Waals surface area contributed by atoms with Crippen molar-refractivity contribution in [3.8, 4) is 0 Å². The lowest BCUT2D eigenvalue weighted by atomic mass is 9.74. The number of piperidine rings is 3. The van der Waals surface area contributed by atoms with Crippen molar-refractivity contribution in [3.05, 3.63) is 23.7 Å². The maximum Gasteiger partial charge on any atom is 0.137 e. The van der Waals surface area contributed by atoms with Crippen molar-refractivity contribution in [1.82, 2.24) is 4.90 Å². The summed E-state index contributed by atoms with van der Waals surface area (Å²) in [7, 11) is 0. The number of furan rings is 1. The van der Waals surface area contributed by atoms with Crippen LogP contribution in [0.4, 0.5) is 0 Å². The monoisotopic (exact) mass is 221 g/mol. The topological polar surface area (TPSA) is 36.6 Å². The number of rotatable bonds is 2. The zero-order valence-electron chi connectivity index (χ0n) is 9.78. The van der Waals surface area contributed by atoms with Crippen LogP contribution in [-0.4, -0.2) is 29.6 Å². The molecule has 3 aliphatic rings. The maximum atomic E-state index is 10.8. The Morgan fingerprint density at radius 3 is 2.69 bits per heavy atom. The highest BCUT2D eigenvalue weighted by molar-refractivity contribution is 5.18. The van der Waals surface area contributed by atoms with E-state index in [9.17, 15) is 5.11 Å². The van der Waals surface area contributed by atoms with Crippen LogP contribution in [0.2, 0.25) is 0 Å². The van der Waals surface area contributed by atoms with E-state index in [-0.39, 0.29) is 0 Å². The van der Waals surface area contributed by atoms with Gasteiger partial charge in [0.2, 0.25) is 0 Å². The highest BCUT2D eigenvalue weighted by atomic mass is 16.4. The minimum atomic E-state index is -0.732. The average molecular weight is 221 g/mol. The Labute approximate surface area is 96.1 Å². The Morgan fingerprint density at radius 2 is 2.19 bits per heavy atom. The Morgan fingerprint density at radius 1 is 1.44 bits per heavy atom. The third kappa shape index (κ3) is 1.42. The van der Waals surface area contributed by atoms with Gasteiger partial charge in [0, 0.05) is 13.0 Å². The van der Waals surface area contributed by atoms with E-state index in [1.165, 1.54) is 0 Å². The summed E-state index contributed by atoms with van der Waals surface area (Å²) in [5, 5.41) is 10.8. The first-order valence-corrected chi connectivity index (χ1v) is 6.26. The van der Waals surface area contributed by atoms with Crippen molar-refractivity contribution in [2.24, 2.45) is 5.92 Å². The minimum Gasteiger partial charge on any atom is -0.463 e. The molecule has 4 heterocycles. The third-order valence-electron chi connectivity index (χ3n) is 4.16. The zero-order chi connectivity index (χ0) is 11.2. The molecule has 1 atom stereocenters. The summed E-state index contributed by atoms with van der Waals surface area (Å²) in [4.78, 5) is 2.34. The molecule has 3 nitrogen and oxygen atoms in total. The molecule has 0 amide bonds. The predicted molar refractivity (Wildman–Crippen MR) is 61.1 cm³/mol. The SMILES string of the molecule is CCc1ccc(C2(O)CN3CCC2CC3)o1. The molecule has 4 rings (SSSR count). The van der Waals surface area contributed by atoms with Gasteiger partial charge in [0.05, 0.1) is 0 Å². The van der Waals surface area contributed by atoms with Crippen LogP contribution in [0, 0.1) is 5.92 Å². The molecular formula is C13H19NO2. The van der Waals surface area contributed by atoms with Crippen molar-refractivity contribution in [2.45, 2.75) is 31.8 Å². The Bertz CT molecular complexity index is 379. The molecule has 0 radical (unpaired) electrons. The molecule has 2 bridgehead atoms. The molecule has 0 saturated carbocycles. The van der Waals surface area contributed by atoms with Gasteiger partial charge in [-0.05, 0) is 44.0 Å². The molecule has 0 aromatic carbocycles. The quantitative estimate of drug-likeness (QED) is 0.826. The van der Waals surface area contributed by atoms with Crippen molar-refractivity contribution < 1.29 is 9.52 Å². The predicted octanol–water partition coefficient (Wildman–Crippen LogP) is 1.76. The second-order valence-corrected chi connectivity index (χ2v) is 5.09. The summed E-state index contributed by atoms with van der Waals surface area (Å²) in [6.07, 6.45) is 3.09. The van der Waals surface area contributed by atoms with Gasteiger partial charge in [-0.15, -0.1) is 0 Å². The lowest BCUT2D eigenvalue weighted by Crippen LogP contribution is -2.56. The van der Waals surface area contributed by atoms with Gasteiger partial charge in [0.1, 0.15) is 17.1 Å². The molecule has 1 N–H and O–H groups in total. The van der Waals surface area contributed by atoms with Gasteiger partial charge >= 0.3 is 0 Å². The van der Waals surface area contributed by atoms with Crippen LogP contribution in [0.25, 0.3) is 0 Å². The minimum absolute atomic E-state index is 0.383. The molecule has 3 fully saturated rings. The highest BCUT2D eigenvalue weighted by Crippen LogP contribution is 2.42. The zero-order valence-corrected chi connectivity index (χ0v) is 9.78. The van der Waals surface area contributed by atoms with E-state index in [0.717, 1.165) is 50.4 Å². The van der Waals surface area contributed by atoms with Crippen LogP contribution in [0.15, 0.2) is 16.5 Å². The first-order chi connectivity index (χ1) is 7.72. The Kier molecular flexibility index (Phi) is 2.33. The first kappa shape index (κ1) is 10.4. The largest absolute Gasteiger partial charge is 0.463 e. The van der Waals surface area contributed by atoms with Crippen LogP contribution in [0.5, 0.6) is 0 Å². The number of fused-ring (bicyclic) bond motifs is 3. The van der Waals surface area contributed by atoms with E-state index < -0.39 is 5.60 Å². The van der Waals surface area contributed by atoms with Crippen LogP contribution in [-0.2, 0) is 12.0 Å². The Hall–Kier alpha value is -0.800. The number of aliphatic hydroxyl groups is 1. The molecular weight excluding hydrogens is 202 g/mol. The van der Waals surface area contributed by atoms with Gasteiger partial charge in [-0.25, -0.2) is 0 Å². The molecule has 0 spiro atoms. The van der Waals surface area contributed by atoms with E-state index in [2.05, 4.69) is 11.8 Å². The van der Waals surface area contributed by atoms with Crippen molar-refractivity contribution >= 4 is 0 Å².